The van der Waals surface area contributed by atoms with Gasteiger partial charge in [-0.1, -0.05) is 0 Å². The summed E-state index contributed by atoms with van der Waals surface area (Å²) >= 11 is 0. The molecule has 1 aliphatic rings. The molecule has 1 aliphatic heterocycles. The first-order valence-electron chi connectivity index (χ1n) is 2.33. The van der Waals surface area contributed by atoms with Crippen LogP contribution in [-0.4, -0.2) is 35.4 Å². The number of hydrogen-bond acceptors (Lipinski definition) is 3. The molecule has 0 amide bonds. The van der Waals surface area contributed by atoms with E-state index in [0.29, 0.717) is 0 Å². The summed E-state index contributed by atoms with van der Waals surface area (Å²) in [5.74, 6) is 0. The summed E-state index contributed by atoms with van der Waals surface area (Å²) in [6.07, 6.45) is -4.11. The Labute approximate surface area is 45.7 Å². The van der Waals surface area contributed by atoms with Gasteiger partial charge >= 0.3 is 0 Å². The van der Waals surface area contributed by atoms with E-state index in [0.717, 1.165) is 0 Å². The van der Waals surface area contributed by atoms with Crippen molar-refractivity contribution in [2.45, 2.75) is 18.6 Å². The van der Waals surface area contributed by atoms with E-state index < -0.39 is 18.6 Å². The number of halogens is 1. The highest BCUT2D eigenvalue weighted by Gasteiger charge is 2.34. The zero-order valence-corrected chi connectivity index (χ0v) is 4.12. The van der Waals surface area contributed by atoms with Gasteiger partial charge in [0.05, 0.1) is 6.61 Å². The lowest BCUT2D eigenvalue weighted by Gasteiger charge is -2.03. The summed E-state index contributed by atoms with van der Waals surface area (Å²) in [5.41, 5.74) is 0. The second kappa shape index (κ2) is 1.97. The molecule has 0 aromatic carbocycles. The van der Waals surface area contributed by atoms with Crippen molar-refractivity contribution < 1.29 is 19.3 Å². The smallest absolute Gasteiger partial charge is 0.227 e. The summed E-state index contributed by atoms with van der Waals surface area (Å²) in [4.78, 5) is 0. The van der Waals surface area contributed by atoms with Crippen LogP contribution in [0.3, 0.4) is 0 Å². The van der Waals surface area contributed by atoms with Gasteiger partial charge in [0.15, 0.2) is 0 Å². The van der Waals surface area contributed by atoms with E-state index in [1.165, 1.54) is 0 Å². The Balaban J connectivity index is 2.44. The van der Waals surface area contributed by atoms with Crippen LogP contribution in [0.5, 0.6) is 0 Å². The van der Waals surface area contributed by atoms with Gasteiger partial charge < -0.3 is 14.9 Å². The molecule has 0 aliphatic carbocycles. The fraction of sp³-hybridized carbons (Fsp3) is 1.00. The van der Waals surface area contributed by atoms with E-state index in [4.69, 9.17) is 10.2 Å². The number of aliphatic hydroxyl groups is 2. The van der Waals surface area contributed by atoms with E-state index in [1.54, 1.807) is 0 Å². The van der Waals surface area contributed by atoms with E-state index in [2.05, 4.69) is 4.74 Å². The van der Waals surface area contributed by atoms with Crippen LogP contribution in [0, 0.1) is 0 Å². The van der Waals surface area contributed by atoms with Crippen molar-refractivity contribution in [1.29, 1.82) is 0 Å². The van der Waals surface area contributed by atoms with Gasteiger partial charge in [0.25, 0.3) is 0 Å². The van der Waals surface area contributed by atoms with Crippen molar-refractivity contribution in [2.24, 2.45) is 0 Å². The molecule has 8 heavy (non-hydrogen) atoms. The molecular weight excluding hydrogens is 115 g/mol. The fourth-order valence-corrected chi connectivity index (χ4v) is 0.562. The monoisotopic (exact) mass is 122 g/mol. The van der Waals surface area contributed by atoms with Crippen molar-refractivity contribution in [3.8, 4) is 0 Å². The lowest BCUT2D eigenvalue weighted by molar-refractivity contribution is -0.0544. The first kappa shape index (κ1) is 5.94. The normalized spacial score (nSPS) is 47.6. The summed E-state index contributed by atoms with van der Waals surface area (Å²) in [7, 11) is 0. The quantitative estimate of drug-likeness (QED) is 0.435. The molecule has 4 heteroatoms. The number of rotatable bonds is 0. The largest absolute Gasteiger partial charge is 0.388 e. The zero-order valence-electron chi connectivity index (χ0n) is 4.12. The third kappa shape index (κ3) is 0.819. The number of alkyl halides is 1. The maximum absolute atomic E-state index is 11.9. The SMILES string of the molecule is OC1COC(F)C1O. The molecule has 3 unspecified atom stereocenters. The minimum atomic E-state index is -1.70. The van der Waals surface area contributed by atoms with Crippen molar-refractivity contribution in [1.82, 2.24) is 0 Å². The molecule has 0 aromatic heterocycles. The van der Waals surface area contributed by atoms with Crippen LogP contribution in [-0.2, 0) is 4.74 Å². The lowest BCUT2D eigenvalue weighted by atomic mass is 10.3. The molecule has 0 saturated carbocycles. The Morgan fingerprint density at radius 2 is 2.12 bits per heavy atom. The molecule has 0 bridgehead atoms. The van der Waals surface area contributed by atoms with Gasteiger partial charge in [-0.2, -0.15) is 0 Å². The Kier molecular flexibility index (Phi) is 1.46. The maximum atomic E-state index is 11.9. The Morgan fingerprint density at radius 1 is 1.50 bits per heavy atom. The van der Waals surface area contributed by atoms with Gasteiger partial charge in [-0.05, 0) is 0 Å². The third-order valence-electron chi connectivity index (χ3n) is 1.09. The maximum Gasteiger partial charge on any atom is 0.227 e. The van der Waals surface area contributed by atoms with Crippen LogP contribution in [0.1, 0.15) is 0 Å². The van der Waals surface area contributed by atoms with Gasteiger partial charge in [-0.25, -0.2) is 4.39 Å². The van der Waals surface area contributed by atoms with Crippen LogP contribution in [0.25, 0.3) is 0 Å². The number of aliphatic hydroxyl groups excluding tert-OH is 2. The minimum Gasteiger partial charge on any atom is -0.388 e. The molecule has 0 aromatic rings. The van der Waals surface area contributed by atoms with Crippen molar-refractivity contribution in [3.63, 3.8) is 0 Å². The fourth-order valence-electron chi connectivity index (χ4n) is 0.562. The van der Waals surface area contributed by atoms with Crippen molar-refractivity contribution >= 4 is 0 Å². The van der Waals surface area contributed by atoms with Crippen molar-refractivity contribution in [2.75, 3.05) is 6.61 Å². The van der Waals surface area contributed by atoms with E-state index in [9.17, 15) is 4.39 Å². The standard InChI is InChI=1S/C4H7FO3/c5-4-3(7)2(6)1-8-4/h2-4,6-7H,1H2. The first-order valence-corrected chi connectivity index (χ1v) is 2.33. The summed E-state index contributed by atoms with van der Waals surface area (Å²) in [6, 6.07) is 0. The minimum absolute atomic E-state index is 0.109. The van der Waals surface area contributed by atoms with Crippen molar-refractivity contribution in [3.05, 3.63) is 0 Å². The van der Waals surface area contributed by atoms with Crippen LogP contribution < -0.4 is 0 Å². The molecule has 3 nitrogen and oxygen atoms in total. The zero-order chi connectivity index (χ0) is 6.15. The van der Waals surface area contributed by atoms with Crippen LogP contribution >= 0.6 is 0 Å². The van der Waals surface area contributed by atoms with Gasteiger partial charge in [0, 0.05) is 0 Å². The molecule has 1 fully saturated rings. The van der Waals surface area contributed by atoms with Crippen LogP contribution in [0.15, 0.2) is 0 Å². The first-order chi connectivity index (χ1) is 3.72. The summed E-state index contributed by atoms with van der Waals surface area (Å²) in [6.45, 7) is -0.109. The molecule has 1 rings (SSSR count). The summed E-state index contributed by atoms with van der Waals surface area (Å²) in [5, 5.41) is 17.1. The number of hydrogen-bond donors (Lipinski definition) is 2. The van der Waals surface area contributed by atoms with Gasteiger partial charge in [0.1, 0.15) is 12.2 Å². The predicted molar refractivity (Wildman–Crippen MR) is 22.9 cm³/mol. The van der Waals surface area contributed by atoms with Gasteiger partial charge in [-0.3, -0.25) is 0 Å². The Morgan fingerprint density at radius 3 is 2.25 bits per heavy atom. The highest BCUT2D eigenvalue weighted by atomic mass is 19.1. The molecule has 0 radical (unpaired) electrons. The van der Waals surface area contributed by atoms with E-state index in [-0.39, 0.29) is 6.61 Å². The van der Waals surface area contributed by atoms with Crippen LogP contribution in [0.2, 0.25) is 0 Å². The van der Waals surface area contributed by atoms with Gasteiger partial charge in [0.2, 0.25) is 6.36 Å². The second-order valence-electron chi connectivity index (χ2n) is 1.74. The second-order valence-corrected chi connectivity index (χ2v) is 1.74. The highest BCUT2D eigenvalue weighted by molar-refractivity contribution is 4.75. The van der Waals surface area contributed by atoms with Crippen LogP contribution in [0.4, 0.5) is 4.39 Å². The van der Waals surface area contributed by atoms with E-state index in [1.807, 2.05) is 0 Å². The molecule has 0 spiro atoms. The Hall–Kier alpha value is -0.190. The molecular formula is C4H7FO3. The number of ether oxygens (including phenoxy) is 1. The van der Waals surface area contributed by atoms with E-state index >= 15 is 0 Å². The molecule has 1 saturated heterocycles. The summed E-state index contributed by atoms with van der Waals surface area (Å²) < 4.78 is 16.1. The molecule has 1 heterocycles. The Bertz CT molecular complexity index is 77.4. The highest BCUT2D eigenvalue weighted by Crippen LogP contribution is 2.13. The average Bonchev–Trinajstić information content (AvgIpc) is 1.98. The molecule has 2 N–H and O–H groups in total. The lowest BCUT2D eigenvalue weighted by Crippen LogP contribution is -2.26. The third-order valence-corrected chi connectivity index (χ3v) is 1.09. The topological polar surface area (TPSA) is 49.7 Å². The molecule has 3 atom stereocenters. The predicted octanol–water partition coefficient (Wildman–Crippen LogP) is -0.966. The van der Waals surface area contributed by atoms with Gasteiger partial charge in [-0.15, -0.1) is 0 Å². The average molecular weight is 122 g/mol. The molecule has 48 valence electrons.